The van der Waals surface area contributed by atoms with Gasteiger partial charge in [-0.15, -0.1) is 13.2 Å². The highest BCUT2D eigenvalue weighted by molar-refractivity contribution is 5.88. The van der Waals surface area contributed by atoms with Crippen molar-refractivity contribution in [2.24, 2.45) is 0 Å². The van der Waals surface area contributed by atoms with Crippen LogP contribution in [-0.2, 0) is 11.2 Å². The molecule has 0 saturated carbocycles. The Hall–Kier alpha value is -2.96. The van der Waals surface area contributed by atoms with Crippen LogP contribution in [0.25, 0.3) is 22.5 Å². The van der Waals surface area contributed by atoms with Crippen LogP contribution in [0.15, 0.2) is 53.1 Å². The normalized spacial score (nSPS) is 11.6. The minimum Gasteiger partial charge on any atom is -0.481 e. The summed E-state index contributed by atoms with van der Waals surface area (Å²) in [6.45, 7) is 0. The quantitative estimate of drug-likeness (QED) is 0.758. The third-order valence-corrected chi connectivity index (χ3v) is 3.41. The van der Waals surface area contributed by atoms with Crippen LogP contribution >= 0.6 is 0 Å². The lowest BCUT2D eigenvalue weighted by Gasteiger charge is -2.09. The van der Waals surface area contributed by atoms with Gasteiger partial charge in [-0.05, 0) is 41.5 Å². The minimum atomic E-state index is -4.75. The molecule has 24 heavy (non-hydrogen) atoms. The van der Waals surface area contributed by atoms with Crippen LogP contribution in [0.1, 0.15) is 5.56 Å². The van der Waals surface area contributed by atoms with Gasteiger partial charge in [0.1, 0.15) is 11.5 Å². The molecule has 0 unspecified atom stereocenters. The fourth-order valence-corrected chi connectivity index (χ4v) is 2.53. The Balaban J connectivity index is 1.98. The van der Waals surface area contributed by atoms with Crippen molar-refractivity contribution in [2.75, 3.05) is 0 Å². The molecule has 1 heterocycles. The van der Waals surface area contributed by atoms with Crippen molar-refractivity contribution in [1.82, 2.24) is 0 Å². The van der Waals surface area contributed by atoms with Crippen molar-refractivity contribution in [1.29, 1.82) is 0 Å². The number of rotatable bonds is 4. The zero-order valence-electron chi connectivity index (χ0n) is 12.1. The van der Waals surface area contributed by atoms with Crippen LogP contribution in [0.3, 0.4) is 0 Å². The van der Waals surface area contributed by atoms with Crippen molar-refractivity contribution in [3.8, 4) is 28.2 Å². The van der Waals surface area contributed by atoms with Crippen LogP contribution in [-0.4, -0.2) is 17.4 Å². The molecule has 0 saturated heterocycles. The number of hydrogen-bond donors (Lipinski definition) is 1. The maximum atomic E-state index is 12.2. The highest BCUT2D eigenvalue weighted by Gasteiger charge is 2.31. The molecule has 0 atom stereocenters. The molecule has 0 radical (unpaired) electrons. The second-order valence-corrected chi connectivity index (χ2v) is 5.08. The molecule has 0 bridgehead atoms. The van der Waals surface area contributed by atoms with Gasteiger partial charge in [-0.3, -0.25) is 4.79 Å². The summed E-state index contributed by atoms with van der Waals surface area (Å²) in [5, 5.41) is 8.99. The summed E-state index contributed by atoms with van der Waals surface area (Å²) in [7, 11) is 0. The van der Waals surface area contributed by atoms with Crippen molar-refractivity contribution < 1.29 is 32.2 Å². The summed E-state index contributed by atoms with van der Waals surface area (Å²) in [5.41, 5.74) is 2.51. The van der Waals surface area contributed by atoms with Crippen LogP contribution in [0.5, 0.6) is 5.75 Å². The molecule has 0 amide bonds. The third kappa shape index (κ3) is 3.34. The molecule has 2 aliphatic rings. The number of fused-ring (bicyclic) bond motifs is 1. The average molecular weight is 336 g/mol. The summed E-state index contributed by atoms with van der Waals surface area (Å²) < 4.78 is 45.9. The van der Waals surface area contributed by atoms with Gasteiger partial charge in [0.25, 0.3) is 0 Å². The van der Waals surface area contributed by atoms with E-state index in [0.29, 0.717) is 28.0 Å². The summed E-state index contributed by atoms with van der Waals surface area (Å²) in [4.78, 5) is 11.0. The van der Waals surface area contributed by atoms with E-state index >= 15 is 0 Å². The first-order valence-corrected chi connectivity index (χ1v) is 6.90. The van der Waals surface area contributed by atoms with E-state index in [-0.39, 0.29) is 12.2 Å². The van der Waals surface area contributed by atoms with Crippen LogP contribution in [0, 0.1) is 0 Å². The standard InChI is InChI=1S/C17H11F3O4/c18-17(19,20)24-12-5-3-10(4-6-12)14-8-11(9-15(21)22)16-13(14)2-1-7-23-16/h1-8H,9H2,(H,21,22). The van der Waals surface area contributed by atoms with Crippen molar-refractivity contribution >= 4 is 5.97 Å². The molecule has 1 aliphatic carbocycles. The summed E-state index contributed by atoms with van der Waals surface area (Å²) >= 11 is 0. The largest absolute Gasteiger partial charge is 0.573 e. The Bertz CT molecular complexity index is 834. The van der Waals surface area contributed by atoms with E-state index in [9.17, 15) is 18.0 Å². The SMILES string of the molecule is O=C(O)Cc1cc(-c2ccc(OC(F)(F)F)cc2)c2cccoc1-2. The predicted molar refractivity (Wildman–Crippen MR) is 78.8 cm³/mol. The summed E-state index contributed by atoms with van der Waals surface area (Å²) in [5.74, 6) is -0.871. The Morgan fingerprint density at radius 3 is 2.46 bits per heavy atom. The Labute approximate surface area is 134 Å². The monoisotopic (exact) mass is 336 g/mol. The first-order valence-electron chi connectivity index (χ1n) is 6.90. The maximum Gasteiger partial charge on any atom is 0.573 e. The summed E-state index contributed by atoms with van der Waals surface area (Å²) in [6, 6.07) is 10.5. The van der Waals surface area contributed by atoms with Gasteiger partial charge in [0, 0.05) is 11.1 Å². The minimum absolute atomic E-state index is 0.209. The third-order valence-electron chi connectivity index (χ3n) is 3.41. The van der Waals surface area contributed by atoms with Gasteiger partial charge >= 0.3 is 12.3 Å². The van der Waals surface area contributed by atoms with E-state index in [2.05, 4.69) is 4.74 Å². The van der Waals surface area contributed by atoms with E-state index in [1.165, 1.54) is 30.5 Å². The number of carboxylic acids is 1. The molecule has 1 aromatic carbocycles. The van der Waals surface area contributed by atoms with E-state index in [4.69, 9.17) is 9.52 Å². The van der Waals surface area contributed by atoms with Gasteiger partial charge in [0.15, 0.2) is 0 Å². The average Bonchev–Trinajstić information content (AvgIpc) is 2.85. The van der Waals surface area contributed by atoms with E-state index in [1.54, 1.807) is 18.2 Å². The molecule has 0 aromatic heterocycles. The van der Waals surface area contributed by atoms with Crippen LogP contribution < -0.4 is 4.74 Å². The predicted octanol–water partition coefficient (Wildman–Crippen LogP) is 4.58. The number of carbonyl (C=O) groups is 1. The molecule has 124 valence electrons. The van der Waals surface area contributed by atoms with Gasteiger partial charge in [0.2, 0.25) is 0 Å². The van der Waals surface area contributed by atoms with Crippen LogP contribution in [0.4, 0.5) is 13.2 Å². The van der Waals surface area contributed by atoms with Gasteiger partial charge in [-0.1, -0.05) is 12.1 Å². The zero-order chi connectivity index (χ0) is 17.3. The van der Waals surface area contributed by atoms with Gasteiger partial charge in [-0.2, -0.15) is 0 Å². The molecule has 3 rings (SSSR count). The molecular weight excluding hydrogens is 325 g/mol. The van der Waals surface area contributed by atoms with Gasteiger partial charge in [0.05, 0.1) is 12.7 Å². The Kier molecular flexibility index (Phi) is 3.92. The maximum absolute atomic E-state index is 12.2. The topological polar surface area (TPSA) is 59.7 Å². The molecule has 0 spiro atoms. The molecule has 7 heteroatoms. The first kappa shape index (κ1) is 15.9. The van der Waals surface area contributed by atoms with E-state index < -0.39 is 12.3 Å². The second kappa shape index (κ2) is 5.92. The molecule has 0 fully saturated rings. The zero-order valence-corrected chi connectivity index (χ0v) is 12.1. The number of hydrogen-bond acceptors (Lipinski definition) is 3. The Morgan fingerprint density at radius 1 is 1.12 bits per heavy atom. The number of carboxylic acid groups (broad SMARTS) is 1. The summed E-state index contributed by atoms with van der Waals surface area (Å²) in [6.07, 6.45) is -3.51. The van der Waals surface area contributed by atoms with Crippen molar-refractivity contribution in [3.63, 3.8) is 0 Å². The Morgan fingerprint density at radius 2 is 1.83 bits per heavy atom. The fraction of sp³-hybridized carbons (Fsp3) is 0.118. The molecule has 1 aromatic rings. The first-order chi connectivity index (χ1) is 11.3. The lowest BCUT2D eigenvalue weighted by atomic mass is 10.0. The lowest BCUT2D eigenvalue weighted by Crippen LogP contribution is -2.16. The number of halogens is 3. The molecule has 1 aliphatic heterocycles. The van der Waals surface area contributed by atoms with Crippen molar-refractivity contribution in [3.05, 3.63) is 54.3 Å². The number of aliphatic carboxylic acids is 1. The fourth-order valence-electron chi connectivity index (χ4n) is 2.53. The molecule has 1 N–H and O–H groups in total. The number of alkyl halides is 3. The van der Waals surface area contributed by atoms with E-state index in [1.807, 2.05) is 0 Å². The molecule has 4 nitrogen and oxygen atoms in total. The smallest absolute Gasteiger partial charge is 0.481 e. The van der Waals surface area contributed by atoms with Crippen molar-refractivity contribution in [2.45, 2.75) is 12.8 Å². The van der Waals surface area contributed by atoms with E-state index in [0.717, 1.165) is 0 Å². The van der Waals surface area contributed by atoms with Crippen LogP contribution in [0.2, 0.25) is 0 Å². The number of ether oxygens (including phenoxy) is 1. The molecular formula is C17H11F3O4. The lowest BCUT2D eigenvalue weighted by molar-refractivity contribution is -0.274. The second-order valence-electron chi connectivity index (χ2n) is 5.08. The number of benzene rings is 1. The highest BCUT2D eigenvalue weighted by atomic mass is 19.4. The highest BCUT2D eigenvalue weighted by Crippen LogP contribution is 2.39. The van der Waals surface area contributed by atoms with Gasteiger partial charge in [-0.25, -0.2) is 0 Å². The van der Waals surface area contributed by atoms with Gasteiger partial charge < -0.3 is 14.3 Å².